The van der Waals surface area contributed by atoms with E-state index in [0.29, 0.717) is 29.4 Å². The van der Waals surface area contributed by atoms with Crippen molar-refractivity contribution in [2.45, 2.75) is 98.4 Å². The highest BCUT2D eigenvalue weighted by Gasteiger charge is 2.59. The van der Waals surface area contributed by atoms with Crippen LogP contribution in [-0.2, 0) is 14.4 Å². The highest BCUT2D eigenvalue weighted by Crippen LogP contribution is 2.66. The Morgan fingerprint density at radius 1 is 1.03 bits per heavy atom. The quantitative estimate of drug-likeness (QED) is 0.635. The molecule has 1 unspecified atom stereocenters. The molecule has 2 N–H and O–H groups in total. The summed E-state index contributed by atoms with van der Waals surface area (Å²) < 4.78 is 0. The summed E-state index contributed by atoms with van der Waals surface area (Å²) in [7, 11) is 0. The van der Waals surface area contributed by atoms with E-state index in [1.165, 1.54) is 32.6 Å². The van der Waals surface area contributed by atoms with Gasteiger partial charge in [-0.3, -0.25) is 14.4 Å². The summed E-state index contributed by atoms with van der Waals surface area (Å²) in [6.07, 6.45) is 8.92. The lowest BCUT2D eigenvalue weighted by molar-refractivity contribution is -0.138. The molecule has 172 valence electrons. The smallest absolute Gasteiger partial charge is 0.231 e. The predicted molar refractivity (Wildman–Crippen MR) is 121 cm³/mol. The van der Waals surface area contributed by atoms with E-state index < -0.39 is 11.5 Å². The van der Waals surface area contributed by atoms with Crippen molar-refractivity contribution in [2.24, 2.45) is 34.5 Å². The first-order chi connectivity index (χ1) is 14.4. The van der Waals surface area contributed by atoms with Crippen LogP contribution in [0.5, 0.6) is 0 Å². The van der Waals surface area contributed by atoms with Crippen LogP contribution in [0.15, 0.2) is 11.3 Å². The van der Waals surface area contributed by atoms with Gasteiger partial charge in [0.15, 0.2) is 5.78 Å². The number of allylic oxidation sites excluding steroid dienone is 1. The third kappa shape index (κ3) is 3.76. The minimum atomic E-state index is -0.731. The Kier molecular flexibility index (Phi) is 5.42. The molecule has 0 aromatic heterocycles. The first kappa shape index (κ1) is 22.5. The van der Waals surface area contributed by atoms with Crippen molar-refractivity contribution in [1.29, 1.82) is 0 Å². The minimum Gasteiger partial charge on any atom is -0.351 e. The van der Waals surface area contributed by atoms with Gasteiger partial charge in [0.2, 0.25) is 11.8 Å². The van der Waals surface area contributed by atoms with Gasteiger partial charge in [0.1, 0.15) is 5.92 Å². The number of carbonyl (C=O) groups is 3. The first-order valence-electron chi connectivity index (χ1n) is 12.2. The normalized spacial score (nSPS) is 40.0. The molecule has 4 aliphatic carbocycles. The molecular formula is C26H40N2O3. The molecule has 6 atom stereocenters. The number of amides is 2. The molecule has 0 aliphatic heterocycles. The number of hydrogen-bond donors (Lipinski definition) is 2. The van der Waals surface area contributed by atoms with Gasteiger partial charge in [-0.1, -0.05) is 20.3 Å². The SMILES string of the molecule is CC(=O)NC1=C2CC[C@@H]3[C@@H](CC[C@]4(C)CCC[C@@H]34)[C@@]2(C)CC(C(=O)NC(C)(C)C)C1=O. The van der Waals surface area contributed by atoms with E-state index in [0.717, 1.165) is 30.8 Å². The molecule has 5 nitrogen and oxygen atoms in total. The Labute approximate surface area is 187 Å². The second kappa shape index (κ2) is 7.45. The molecule has 31 heavy (non-hydrogen) atoms. The average molecular weight is 429 g/mol. The fourth-order valence-corrected chi connectivity index (χ4v) is 7.80. The highest BCUT2D eigenvalue weighted by molar-refractivity contribution is 6.12. The van der Waals surface area contributed by atoms with Crippen molar-refractivity contribution in [2.75, 3.05) is 0 Å². The summed E-state index contributed by atoms with van der Waals surface area (Å²) >= 11 is 0. The number of Topliss-reactive ketones (excluding diaryl/α,β-unsaturated/α-hetero) is 1. The maximum atomic E-state index is 13.4. The van der Waals surface area contributed by atoms with Crippen LogP contribution in [-0.4, -0.2) is 23.1 Å². The second-order valence-corrected chi connectivity index (χ2v) is 12.3. The third-order valence-corrected chi connectivity index (χ3v) is 9.06. The van der Waals surface area contributed by atoms with Gasteiger partial charge >= 0.3 is 0 Å². The maximum absolute atomic E-state index is 13.4. The molecule has 3 fully saturated rings. The predicted octanol–water partition coefficient (Wildman–Crippen LogP) is 4.51. The fourth-order valence-electron chi connectivity index (χ4n) is 7.80. The molecule has 0 heterocycles. The van der Waals surface area contributed by atoms with E-state index in [1.54, 1.807) is 0 Å². The van der Waals surface area contributed by atoms with Gasteiger partial charge in [-0.15, -0.1) is 0 Å². The molecule has 2 amide bonds. The van der Waals surface area contributed by atoms with Gasteiger partial charge in [-0.25, -0.2) is 0 Å². The fraction of sp³-hybridized carbons (Fsp3) is 0.808. The highest BCUT2D eigenvalue weighted by atomic mass is 16.2. The van der Waals surface area contributed by atoms with Crippen molar-refractivity contribution < 1.29 is 14.4 Å². The van der Waals surface area contributed by atoms with Crippen LogP contribution in [0.25, 0.3) is 0 Å². The van der Waals surface area contributed by atoms with Gasteiger partial charge in [0.05, 0.1) is 5.70 Å². The molecule has 0 aromatic rings. The summed E-state index contributed by atoms with van der Waals surface area (Å²) in [5, 5.41) is 5.89. The standard InChI is InChI=1S/C26H40N2O3/c1-15(29)27-21-20-10-9-16-18-8-7-12-25(18,5)13-11-19(16)26(20,6)14-17(22(21)30)23(31)28-24(2,3)4/h16-19H,7-14H2,1-6H3,(H,27,29)(H,28,31)/t16-,17?,18-,19+,25-,26+/m0/s1. The lowest BCUT2D eigenvalue weighted by atomic mass is 9.46. The molecule has 0 saturated heterocycles. The van der Waals surface area contributed by atoms with E-state index in [2.05, 4.69) is 24.5 Å². The summed E-state index contributed by atoms with van der Waals surface area (Å²) in [6, 6.07) is 0. The summed E-state index contributed by atoms with van der Waals surface area (Å²) in [5.41, 5.74) is 1.39. The maximum Gasteiger partial charge on any atom is 0.231 e. The Hall–Kier alpha value is -1.65. The number of nitrogens with one attached hydrogen (secondary N) is 2. The molecule has 0 aromatic carbocycles. The molecule has 0 spiro atoms. The third-order valence-electron chi connectivity index (χ3n) is 9.06. The van der Waals surface area contributed by atoms with Gasteiger partial charge in [0, 0.05) is 12.5 Å². The Morgan fingerprint density at radius 2 is 1.74 bits per heavy atom. The molecule has 0 bridgehead atoms. The van der Waals surface area contributed by atoms with Crippen molar-refractivity contribution in [3.8, 4) is 0 Å². The summed E-state index contributed by atoms with van der Waals surface area (Å²) in [5.74, 6) is 0.527. The summed E-state index contributed by atoms with van der Waals surface area (Å²) in [6.45, 7) is 12.0. The van der Waals surface area contributed by atoms with Gasteiger partial charge in [-0.2, -0.15) is 0 Å². The molecule has 3 saturated carbocycles. The lowest BCUT2D eigenvalue weighted by Gasteiger charge is -2.58. The molecule has 4 aliphatic rings. The number of ketones is 1. The zero-order valence-corrected chi connectivity index (χ0v) is 20.2. The van der Waals surface area contributed by atoms with E-state index >= 15 is 0 Å². The monoisotopic (exact) mass is 428 g/mol. The van der Waals surface area contributed by atoms with Gasteiger partial charge < -0.3 is 10.6 Å². The van der Waals surface area contributed by atoms with Crippen LogP contribution in [0.1, 0.15) is 92.9 Å². The van der Waals surface area contributed by atoms with Crippen molar-refractivity contribution in [1.82, 2.24) is 10.6 Å². The van der Waals surface area contributed by atoms with Crippen molar-refractivity contribution in [3.05, 3.63) is 11.3 Å². The number of rotatable bonds is 2. The number of fused-ring (bicyclic) bond motifs is 5. The zero-order chi connectivity index (χ0) is 22.8. The van der Waals surface area contributed by atoms with Crippen molar-refractivity contribution in [3.63, 3.8) is 0 Å². The van der Waals surface area contributed by atoms with E-state index in [9.17, 15) is 14.4 Å². The van der Waals surface area contributed by atoms with Crippen molar-refractivity contribution >= 4 is 17.6 Å². The van der Waals surface area contributed by atoms with Gasteiger partial charge in [0.25, 0.3) is 0 Å². The minimum absolute atomic E-state index is 0.204. The Balaban J connectivity index is 1.74. The van der Waals surface area contributed by atoms with E-state index in [-0.39, 0.29) is 23.0 Å². The molecular weight excluding hydrogens is 388 g/mol. The first-order valence-corrected chi connectivity index (χ1v) is 12.2. The van der Waals surface area contributed by atoms with Crippen LogP contribution in [0.3, 0.4) is 0 Å². The Morgan fingerprint density at radius 3 is 2.39 bits per heavy atom. The van der Waals surface area contributed by atoms with Crippen LogP contribution >= 0.6 is 0 Å². The van der Waals surface area contributed by atoms with Gasteiger partial charge in [-0.05, 0) is 99.9 Å². The molecule has 0 radical (unpaired) electrons. The second-order valence-electron chi connectivity index (χ2n) is 12.3. The molecule has 4 rings (SSSR count). The molecule has 5 heteroatoms. The number of carbonyl (C=O) groups excluding carboxylic acids is 3. The van der Waals surface area contributed by atoms with Crippen LogP contribution in [0.2, 0.25) is 0 Å². The Bertz CT molecular complexity index is 838. The summed E-state index contributed by atoms with van der Waals surface area (Å²) in [4.78, 5) is 38.7. The van der Waals surface area contributed by atoms with Crippen LogP contribution in [0, 0.1) is 34.5 Å². The van der Waals surface area contributed by atoms with Crippen LogP contribution < -0.4 is 10.6 Å². The zero-order valence-electron chi connectivity index (χ0n) is 20.2. The van der Waals surface area contributed by atoms with E-state index in [4.69, 9.17) is 0 Å². The van der Waals surface area contributed by atoms with E-state index in [1.807, 2.05) is 20.8 Å². The number of hydrogen-bond acceptors (Lipinski definition) is 3. The lowest BCUT2D eigenvalue weighted by Crippen LogP contribution is -2.56. The van der Waals surface area contributed by atoms with Crippen LogP contribution in [0.4, 0.5) is 0 Å². The largest absolute Gasteiger partial charge is 0.351 e. The topological polar surface area (TPSA) is 75.3 Å². The average Bonchev–Trinajstić information content (AvgIpc) is 3.04.